The molecule has 2 unspecified atom stereocenters. The lowest BCUT2D eigenvalue weighted by atomic mass is 10.2. The number of nitrogens with one attached hydrogen (secondary N) is 1. The Hall–Kier alpha value is -0.750. The van der Waals surface area contributed by atoms with Crippen molar-refractivity contribution in [3.63, 3.8) is 0 Å². The Kier molecular flexibility index (Phi) is 3.77. The molecule has 1 aromatic rings. The van der Waals surface area contributed by atoms with Crippen molar-refractivity contribution in [2.75, 3.05) is 0 Å². The van der Waals surface area contributed by atoms with Gasteiger partial charge in [0.15, 0.2) is 0 Å². The van der Waals surface area contributed by atoms with Crippen molar-refractivity contribution in [2.24, 2.45) is 0 Å². The summed E-state index contributed by atoms with van der Waals surface area (Å²) in [7, 11) is 0. The number of rotatable bonds is 3. The number of halogens is 2. The molecule has 7 heteroatoms. The summed E-state index contributed by atoms with van der Waals surface area (Å²) in [5.74, 6) is -0.841. The van der Waals surface area contributed by atoms with Crippen LogP contribution in [0.2, 0.25) is 0 Å². The molecule has 0 radical (unpaired) electrons. The van der Waals surface area contributed by atoms with E-state index in [0.29, 0.717) is 0 Å². The largest absolute Gasteiger partial charge is 0.345 e. The van der Waals surface area contributed by atoms with Crippen molar-refractivity contribution >= 4 is 29.0 Å². The van der Waals surface area contributed by atoms with Gasteiger partial charge in [0, 0.05) is 0 Å². The maximum absolute atomic E-state index is 12.3. The number of hydrogen-bond donors (Lipinski definition) is 1. The van der Waals surface area contributed by atoms with E-state index in [9.17, 15) is 9.18 Å². The minimum Gasteiger partial charge on any atom is -0.345 e. The molecule has 1 rings (SSSR count). The Labute approximate surface area is 89.6 Å². The van der Waals surface area contributed by atoms with E-state index in [4.69, 9.17) is 11.6 Å². The first-order chi connectivity index (χ1) is 6.52. The predicted octanol–water partition coefficient (Wildman–Crippen LogP) is 1.56. The first kappa shape index (κ1) is 11.3. The van der Waals surface area contributed by atoms with Crippen molar-refractivity contribution in [3.8, 4) is 0 Å². The van der Waals surface area contributed by atoms with Gasteiger partial charge in [-0.25, -0.2) is 4.39 Å². The highest BCUT2D eigenvalue weighted by Crippen LogP contribution is 2.19. The first-order valence-corrected chi connectivity index (χ1v) is 5.10. The highest BCUT2D eigenvalue weighted by atomic mass is 35.5. The fourth-order valence-electron chi connectivity index (χ4n) is 0.975. The minimum atomic E-state index is -2.02. The number of carbonyl (C=O) groups is 1. The Balaban J connectivity index is 2.64. The summed E-state index contributed by atoms with van der Waals surface area (Å²) in [4.78, 5) is 11.7. The summed E-state index contributed by atoms with van der Waals surface area (Å²) >= 11 is 6.14. The smallest absolute Gasteiger partial charge is 0.270 e. The van der Waals surface area contributed by atoms with Crippen LogP contribution in [0.3, 0.4) is 0 Å². The molecule has 4 nitrogen and oxygen atoms in total. The van der Waals surface area contributed by atoms with Gasteiger partial charge in [-0.05, 0) is 25.4 Å². The summed E-state index contributed by atoms with van der Waals surface area (Å²) in [6, 6.07) is -0.320. The molecule has 0 spiro atoms. The average molecular weight is 238 g/mol. The quantitative estimate of drug-likeness (QED) is 0.812. The van der Waals surface area contributed by atoms with Crippen LogP contribution in [0.1, 0.15) is 23.5 Å². The summed E-state index contributed by atoms with van der Waals surface area (Å²) in [5.41, 5.74) is -1.29. The van der Waals surface area contributed by atoms with E-state index in [2.05, 4.69) is 14.9 Å². The van der Waals surface area contributed by atoms with Gasteiger partial charge in [-0.15, -0.1) is 5.10 Å². The van der Waals surface area contributed by atoms with Crippen LogP contribution in [0.15, 0.2) is 0 Å². The van der Waals surface area contributed by atoms with Gasteiger partial charge in [0.2, 0.25) is 0 Å². The number of nitrogens with zero attached hydrogens (tertiary/aromatic N) is 2. The highest BCUT2D eigenvalue weighted by molar-refractivity contribution is 7.05. The van der Waals surface area contributed by atoms with Gasteiger partial charge in [0.05, 0.1) is 16.6 Å². The standard InChI is InChI=1S/C7H9ClFN3OS/c1-3(10-7(13)6(8)9)5-4(2)11-12-14-5/h3,6H,1-2H3,(H,10,13). The number of amides is 1. The second kappa shape index (κ2) is 4.65. The van der Waals surface area contributed by atoms with E-state index >= 15 is 0 Å². The maximum atomic E-state index is 12.3. The van der Waals surface area contributed by atoms with Gasteiger partial charge >= 0.3 is 0 Å². The molecule has 0 aromatic carbocycles. The molecule has 0 fully saturated rings. The van der Waals surface area contributed by atoms with Crippen LogP contribution < -0.4 is 5.32 Å². The fourth-order valence-corrected chi connectivity index (χ4v) is 1.68. The molecule has 1 aromatic heterocycles. The summed E-state index contributed by atoms with van der Waals surface area (Å²) in [5, 5.41) is 6.19. The average Bonchev–Trinajstić information content (AvgIpc) is 2.51. The van der Waals surface area contributed by atoms with Crippen LogP contribution in [0.4, 0.5) is 4.39 Å². The summed E-state index contributed by atoms with van der Waals surface area (Å²) in [6.45, 7) is 3.49. The second-order valence-electron chi connectivity index (χ2n) is 2.75. The van der Waals surface area contributed by atoms with E-state index in [-0.39, 0.29) is 6.04 Å². The van der Waals surface area contributed by atoms with Gasteiger partial charge in [-0.1, -0.05) is 16.1 Å². The predicted molar refractivity (Wildman–Crippen MR) is 52.0 cm³/mol. The molecule has 0 aliphatic carbocycles. The van der Waals surface area contributed by atoms with Crippen LogP contribution in [-0.4, -0.2) is 21.1 Å². The maximum Gasteiger partial charge on any atom is 0.270 e. The molecule has 0 saturated heterocycles. The van der Waals surface area contributed by atoms with E-state index in [0.717, 1.165) is 10.6 Å². The van der Waals surface area contributed by atoms with E-state index in [1.807, 2.05) is 0 Å². The fraction of sp³-hybridized carbons (Fsp3) is 0.571. The number of aromatic nitrogens is 2. The lowest BCUT2D eigenvalue weighted by Crippen LogP contribution is -2.31. The molecular weight excluding hydrogens is 229 g/mol. The van der Waals surface area contributed by atoms with Crippen LogP contribution >= 0.6 is 23.1 Å². The van der Waals surface area contributed by atoms with Crippen molar-refractivity contribution in [1.29, 1.82) is 0 Å². The number of hydrogen-bond acceptors (Lipinski definition) is 4. The van der Waals surface area contributed by atoms with Crippen molar-refractivity contribution < 1.29 is 9.18 Å². The van der Waals surface area contributed by atoms with Crippen molar-refractivity contribution in [1.82, 2.24) is 14.9 Å². The van der Waals surface area contributed by atoms with E-state index in [1.165, 1.54) is 11.5 Å². The van der Waals surface area contributed by atoms with E-state index < -0.39 is 11.5 Å². The SMILES string of the molecule is Cc1nnsc1C(C)NC(=O)C(F)Cl. The van der Waals surface area contributed by atoms with Gasteiger partial charge in [0.25, 0.3) is 11.5 Å². The van der Waals surface area contributed by atoms with Crippen LogP contribution in [0.25, 0.3) is 0 Å². The normalized spacial score (nSPS) is 14.9. The zero-order valence-electron chi connectivity index (χ0n) is 7.62. The third-order valence-corrected chi connectivity index (χ3v) is 2.84. The monoisotopic (exact) mass is 237 g/mol. The molecule has 1 amide bonds. The Morgan fingerprint density at radius 2 is 2.36 bits per heavy atom. The molecule has 14 heavy (non-hydrogen) atoms. The van der Waals surface area contributed by atoms with Crippen LogP contribution in [0.5, 0.6) is 0 Å². The van der Waals surface area contributed by atoms with Gasteiger partial charge in [-0.3, -0.25) is 4.79 Å². The Morgan fingerprint density at radius 1 is 1.71 bits per heavy atom. The third kappa shape index (κ3) is 2.62. The molecule has 2 atom stereocenters. The Bertz CT molecular complexity index is 330. The molecule has 0 saturated carbocycles. The topological polar surface area (TPSA) is 54.9 Å². The van der Waals surface area contributed by atoms with Gasteiger partial charge in [-0.2, -0.15) is 0 Å². The molecule has 1 N–H and O–H groups in total. The van der Waals surface area contributed by atoms with E-state index in [1.54, 1.807) is 13.8 Å². The summed E-state index contributed by atoms with van der Waals surface area (Å²) in [6.07, 6.45) is 0. The molecule has 0 aliphatic rings. The summed E-state index contributed by atoms with van der Waals surface area (Å²) < 4.78 is 16.0. The minimum absolute atomic E-state index is 0.320. The molecule has 1 heterocycles. The van der Waals surface area contributed by atoms with Crippen molar-refractivity contribution in [2.45, 2.75) is 25.5 Å². The molecule has 0 bridgehead atoms. The lowest BCUT2D eigenvalue weighted by Gasteiger charge is -2.11. The molecule has 78 valence electrons. The van der Waals surface area contributed by atoms with Crippen LogP contribution in [-0.2, 0) is 4.79 Å². The third-order valence-electron chi connectivity index (χ3n) is 1.64. The van der Waals surface area contributed by atoms with Crippen molar-refractivity contribution in [3.05, 3.63) is 10.6 Å². The molecular formula is C7H9ClFN3OS. The van der Waals surface area contributed by atoms with Crippen LogP contribution in [0, 0.1) is 6.92 Å². The van der Waals surface area contributed by atoms with Gasteiger partial charge in [0.1, 0.15) is 0 Å². The number of alkyl halides is 2. The van der Waals surface area contributed by atoms with Gasteiger partial charge < -0.3 is 5.32 Å². The zero-order valence-corrected chi connectivity index (χ0v) is 9.19. The Morgan fingerprint density at radius 3 is 2.79 bits per heavy atom. The number of aryl methyl sites for hydroxylation is 1. The lowest BCUT2D eigenvalue weighted by molar-refractivity contribution is -0.123. The highest BCUT2D eigenvalue weighted by Gasteiger charge is 2.19. The molecule has 0 aliphatic heterocycles. The zero-order chi connectivity index (χ0) is 10.7. The number of carbonyl (C=O) groups excluding carboxylic acids is 1. The first-order valence-electron chi connectivity index (χ1n) is 3.89. The second-order valence-corrected chi connectivity index (χ2v) is 3.92.